The first-order chi connectivity index (χ1) is 15.1. The standard InChI is InChI=1S/C22H30N4O5/c27-20-8-12-26(22(29)24-20)16-1-3-17(4-2-16)30-14-13-25-11-7-19(15-21(25)28)31-18-5-9-23-10-6-18/h1-4,18-19,23H,5-15H2,(H,24,27,29). The van der Waals surface area contributed by atoms with Crippen LogP contribution in [0.1, 0.15) is 32.1 Å². The van der Waals surface area contributed by atoms with E-state index >= 15 is 0 Å². The molecule has 1 aromatic rings. The molecule has 3 heterocycles. The fourth-order valence-electron chi connectivity index (χ4n) is 4.21. The zero-order chi connectivity index (χ0) is 21.6. The number of hydrogen-bond donors (Lipinski definition) is 2. The molecule has 3 aliphatic rings. The van der Waals surface area contributed by atoms with Crippen LogP contribution < -0.4 is 20.3 Å². The van der Waals surface area contributed by atoms with Gasteiger partial charge in [-0.25, -0.2) is 4.79 Å². The Balaban J connectivity index is 1.18. The van der Waals surface area contributed by atoms with Gasteiger partial charge in [-0.1, -0.05) is 0 Å². The van der Waals surface area contributed by atoms with Gasteiger partial charge in [-0.05, 0) is 56.6 Å². The van der Waals surface area contributed by atoms with Gasteiger partial charge in [0.05, 0.1) is 25.2 Å². The van der Waals surface area contributed by atoms with Crippen molar-refractivity contribution in [3.05, 3.63) is 24.3 Å². The number of ether oxygens (including phenoxy) is 2. The Hall–Kier alpha value is -2.65. The second-order valence-corrected chi connectivity index (χ2v) is 8.18. The van der Waals surface area contributed by atoms with E-state index in [9.17, 15) is 14.4 Å². The van der Waals surface area contributed by atoms with Gasteiger partial charge in [0, 0.05) is 25.2 Å². The third kappa shape index (κ3) is 5.74. The van der Waals surface area contributed by atoms with E-state index in [2.05, 4.69) is 10.6 Å². The quantitative estimate of drug-likeness (QED) is 0.676. The molecule has 168 valence electrons. The average molecular weight is 431 g/mol. The number of nitrogens with one attached hydrogen (secondary N) is 2. The van der Waals surface area contributed by atoms with Gasteiger partial charge in [-0.3, -0.25) is 19.8 Å². The first-order valence-electron chi connectivity index (χ1n) is 11.1. The minimum Gasteiger partial charge on any atom is -0.492 e. The highest BCUT2D eigenvalue weighted by molar-refractivity contribution is 6.05. The first-order valence-corrected chi connectivity index (χ1v) is 11.1. The minimum atomic E-state index is -0.407. The fourth-order valence-corrected chi connectivity index (χ4v) is 4.21. The van der Waals surface area contributed by atoms with E-state index in [1.54, 1.807) is 24.3 Å². The molecule has 3 saturated heterocycles. The van der Waals surface area contributed by atoms with Crippen molar-refractivity contribution in [3.8, 4) is 5.75 Å². The Morgan fingerprint density at radius 1 is 0.968 bits per heavy atom. The number of carbonyl (C=O) groups is 3. The van der Waals surface area contributed by atoms with Gasteiger partial charge < -0.3 is 19.7 Å². The first kappa shape index (κ1) is 21.6. The summed E-state index contributed by atoms with van der Waals surface area (Å²) in [6.07, 6.45) is 3.93. The molecule has 3 fully saturated rings. The van der Waals surface area contributed by atoms with Gasteiger partial charge in [-0.15, -0.1) is 0 Å². The molecule has 0 radical (unpaired) electrons. The summed E-state index contributed by atoms with van der Waals surface area (Å²) in [5, 5.41) is 5.64. The molecule has 2 N–H and O–H groups in total. The number of amides is 4. The predicted octanol–water partition coefficient (Wildman–Crippen LogP) is 1.27. The van der Waals surface area contributed by atoms with Crippen LogP contribution in [-0.2, 0) is 14.3 Å². The predicted molar refractivity (Wildman–Crippen MR) is 114 cm³/mol. The van der Waals surface area contributed by atoms with E-state index in [0.717, 1.165) is 32.4 Å². The molecular formula is C22H30N4O5. The molecule has 0 aliphatic carbocycles. The maximum Gasteiger partial charge on any atom is 0.328 e. The molecular weight excluding hydrogens is 400 g/mol. The number of likely N-dealkylation sites (tertiary alicyclic amines) is 1. The van der Waals surface area contributed by atoms with Crippen molar-refractivity contribution in [2.24, 2.45) is 0 Å². The molecule has 0 saturated carbocycles. The Morgan fingerprint density at radius 2 is 1.74 bits per heavy atom. The van der Waals surface area contributed by atoms with Gasteiger partial charge >= 0.3 is 6.03 Å². The minimum absolute atomic E-state index is 0.0302. The zero-order valence-electron chi connectivity index (χ0n) is 17.7. The van der Waals surface area contributed by atoms with Crippen molar-refractivity contribution in [2.75, 3.05) is 44.2 Å². The van der Waals surface area contributed by atoms with Crippen molar-refractivity contribution >= 4 is 23.5 Å². The van der Waals surface area contributed by atoms with Crippen molar-refractivity contribution in [1.82, 2.24) is 15.5 Å². The molecule has 1 unspecified atom stereocenters. The van der Waals surface area contributed by atoms with Crippen LogP contribution in [0.2, 0.25) is 0 Å². The zero-order valence-corrected chi connectivity index (χ0v) is 17.7. The molecule has 0 bridgehead atoms. The van der Waals surface area contributed by atoms with Crippen LogP contribution in [0.15, 0.2) is 24.3 Å². The second-order valence-electron chi connectivity index (χ2n) is 8.18. The van der Waals surface area contributed by atoms with Crippen LogP contribution in [0.4, 0.5) is 10.5 Å². The fraction of sp³-hybridized carbons (Fsp3) is 0.591. The van der Waals surface area contributed by atoms with Crippen LogP contribution in [0.5, 0.6) is 5.75 Å². The van der Waals surface area contributed by atoms with E-state index in [1.807, 2.05) is 4.90 Å². The highest BCUT2D eigenvalue weighted by Gasteiger charge is 2.29. The van der Waals surface area contributed by atoms with Gasteiger partial charge in [0.15, 0.2) is 0 Å². The summed E-state index contributed by atoms with van der Waals surface area (Å²) in [6.45, 7) is 3.98. The molecule has 0 spiro atoms. The lowest BCUT2D eigenvalue weighted by Gasteiger charge is -2.34. The number of urea groups is 1. The van der Waals surface area contributed by atoms with Gasteiger partial charge in [0.2, 0.25) is 11.8 Å². The topological polar surface area (TPSA) is 100 Å². The summed E-state index contributed by atoms with van der Waals surface area (Å²) in [5.41, 5.74) is 0.711. The number of anilines is 1. The van der Waals surface area contributed by atoms with E-state index in [0.29, 0.717) is 44.1 Å². The Bertz CT molecular complexity index is 794. The summed E-state index contributed by atoms with van der Waals surface area (Å²) in [6, 6.07) is 6.76. The normalized spacial score (nSPS) is 23.1. The van der Waals surface area contributed by atoms with Crippen molar-refractivity contribution < 1.29 is 23.9 Å². The largest absolute Gasteiger partial charge is 0.492 e. The lowest BCUT2D eigenvalue weighted by molar-refractivity contribution is -0.142. The van der Waals surface area contributed by atoms with Gasteiger partial charge in [0.25, 0.3) is 0 Å². The van der Waals surface area contributed by atoms with Crippen molar-refractivity contribution in [1.29, 1.82) is 0 Å². The van der Waals surface area contributed by atoms with Crippen LogP contribution in [0.3, 0.4) is 0 Å². The van der Waals surface area contributed by atoms with E-state index in [4.69, 9.17) is 9.47 Å². The molecule has 9 heteroatoms. The molecule has 0 aromatic heterocycles. The number of hydrogen-bond acceptors (Lipinski definition) is 6. The molecule has 4 rings (SSSR count). The number of benzene rings is 1. The summed E-state index contributed by atoms with van der Waals surface area (Å²) >= 11 is 0. The third-order valence-electron chi connectivity index (χ3n) is 5.98. The summed E-state index contributed by atoms with van der Waals surface area (Å²) in [5.74, 6) is 0.543. The van der Waals surface area contributed by atoms with Crippen LogP contribution in [0.25, 0.3) is 0 Å². The number of imide groups is 1. The van der Waals surface area contributed by atoms with E-state index in [-0.39, 0.29) is 30.4 Å². The number of rotatable bonds is 7. The molecule has 9 nitrogen and oxygen atoms in total. The molecule has 1 atom stereocenters. The third-order valence-corrected chi connectivity index (χ3v) is 5.98. The Labute approximate surface area is 182 Å². The number of piperidine rings is 2. The smallest absolute Gasteiger partial charge is 0.328 e. The summed E-state index contributed by atoms with van der Waals surface area (Å²) in [4.78, 5) is 39.0. The van der Waals surface area contributed by atoms with Crippen LogP contribution in [0, 0.1) is 0 Å². The molecule has 3 aliphatic heterocycles. The highest BCUT2D eigenvalue weighted by atomic mass is 16.5. The van der Waals surface area contributed by atoms with Crippen LogP contribution >= 0.6 is 0 Å². The van der Waals surface area contributed by atoms with E-state index < -0.39 is 6.03 Å². The van der Waals surface area contributed by atoms with E-state index in [1.165, 1.54) is 4.90 Å². The van der Waals surface area contributed by atoms with Crippen molar-refractivity contribution in [2.45, 2.75) is 44.3 Å². The van der Waals surface area contributed by atoms with Gasteiger partial charge in [-0.2, -0.15) is 0 Å². The number of nitrogens with zero attached hydrogens (tertiary/aromatic N) is 2. The SMILES string of the molecule is O=C1CCN(c2ccc(OCCN3CCC(OC4CCNCC4)CC3=O)cc2)C(=O)N1. The monoisotopic (exact) mass is 430 g/mol. The van der Waals surface area contributed by atoms with Crippen molar-refractivity contribution in [3.63, 3.8) is 0 Å². The maximum absolute atomic E-state index is 12.5. The molecule has 1 aromatic carbocycles. The summed E-state index contributed by atoms with van der Waals surface area (Å²) < 4.78 is 11.9. The highest BCUT2D eigenvalue weighted by Crippen LogP contribution is 2.22. The number of carbonyl (C=O) groups excluding carboxylic acids is 3. The van der Waals surface area contributed by atoms with Crippen LogP contribution in [-0.4, -0.2) is 74.3 Å². The lowest BCUT2D eigenvalue weighted by Crippen LogP contribution is -2.49. The van der Waals surface area contributed by atoms with Gasteiger partial charge in [0.1, 0.15) is 12.4 Å². The second kappa shape index (κ2) is 10.1. The average Bonchev–Trinajstić information content (AvgIpc) is 2.77. The lowest BCUT2D eigenvalue weighted by atomic mass is 10.0. The molecule has 4 amide bonds. The Kier molecular flexibility index (Phi) is 7.03. The maximum atomic E-state index is 12.5. The summed E-state index contributed by atoms with van der Waals surface area (Å²) in [7, 11) is 0. The Morgan fingerprint density at radius 3 is 2.45 bits per heavy atom. The molecule has 31 heavy (non-hydrogen) atoms.